The minimum absolute atomic E-state index is 0.166. The first-order valence-electron chi connectivity index (χ1n) is 8.83. The largest absolute Gasteiger partial charge is 0.497 e. The summed E-state index contributed by atoms with van der Waals surface area (Å²) in [6.07, 6.45) is 0. The number of methoxy groups -OCH3 is 1. The number of ether oxygens (including phenoxy) is 1. The van der Waals surface area contributed by atoms with Crippen molar-refractivity contribution in [2.75, 3.05) is 12.4 Å². The van der Waals surface area contributed by atoms with Gasteiger partial charge in [0.1, 0.15) is 17.1 Å². The van der Waals surface area contributed by atoms with Crippen molar-refractivity contribution in [2.45, 2.75) is 0 Å². The molecule has 0 fully saturated rings. The van der Waals surface area contributed by atoms with E-state index in [4.69, 9.17) is 20.8 Å². The normalized spacial score (nSPS) is 10.7. The Morgan fingerprint density at radius 1 is 1.00 bits per heavy atom. The molecule has 0 aliphatic heterocycles. The zero-order valence-electron chi connectivity index (χ0n) is 15.4. The minimum Gasteiger partial charge on any atom is -0.497 e. The monoisotopic (exact) mass is 405 g/mol. The van der Waals surface area contributed by atoms with Crippen molar-refractivity contribution in [1.82, 2.24) is 0 Å². The van der Waals surface area contributed by atoms with Gasteiger partial charge in [-0.3, -0.25) is 9.59 Å². The van der Waals surface area contributed by atoms with Crippen LogP contribution in [0, 0.1) is 0 Å². The van der Waals surface area contributed by atoms with Gasteiger partial charge in [0.05, 0.1) is 23.1 Å². The van der Waals surface area contributed by atoms with Crippen molar-refractivity contribution in [3.8, 4) is 17.1 Å². The van der Waals surface area contributed by atoms with Crippen LogP contribution in [0.15, 0.2) is 82.0 Å². The molecule has 0 saturated carbocycles. The Morgan fingerprint density at radius 2 is 1.76 bits per heavy atom. The van der Waals surface area contributed by atoms with Gasteiger partial charge in [0.15, 0.2) is 5.43 Å². The van der Waals surface area contributed by atoms with E-state index in [1.165, 1.54) is 6.07 Å². The Bertz CT molecular complexity index is 1260. The fraction of sp³-hybridized carbons (Fsp3) is 0.0435. The molecule has 0 radical (unpaired) electrons. The molecule has 0 spiro atoms. The summed E-state index contributed by atoms with van der Waals surface area (Å²) in [5, 5.41) is 3.57. The van der Waals surface area contributed by atoms with Crippen molar-refractivity contribution in [3.63, 3.8) is 0 Å². The third kappa shape index (κ3) is 3.86. The number of hydrogen-bond acceptors (Lipinski definition) is 4. The molecule has 0 aliphatic carbocycles. The minimum atomic E-state index is -0.344. The zero-order valence-corrected chi connectivity index (χ0v) is 16.2. The molecule has 0 aliphatic rings. The predicted octanol–water partition coefficient (Wildman–Crippen LogP) is 5.37. The van der Waals surface area contributed by atoms with E-state index in [0.29, 0.717) is 38.8 Å². The van der Waals surface area contributed by atoms with Crippen LogP contribution in [-0.2, 0) is 0 Å². The number of rotatable bonds is 4. The molecule has 144 valence electrons. The lowest BCUT2D eigenvalue weighted by Gasteiger charge is -2.08. The van der Waals surface area contributed by atoms with Gasteiger partial charge in [-0.05, 0) is 48.5 Å². The van der Waals surface area contributed by atoms with E-state index in [-0.39, 0.29) is 11.3 Å². The maximum absolute atomic E-state index is 12.5. The molecule has 4 aromatic rings. The van der Waals surface area contributed by atoms with Crippen LogP contribution >= 0.6 is 11.6 Å². The van der Waals surface area contributed by atoms with E-state index in [1.54, 1.807) is 61.7 Å². The van der Waals surface area contributed by atoms with Crippen LogP contribution in [0.3, 0.4) is 0 Å². The number of anilines is 1. The van der Waals surface area contributed by atoms with Crippen molar-refractivity contribution in [2.24, 2.45) is 0 Å². The second-order valence-corrected chi connectivity index (χ2v) is 6.76. The highest BCUT2D eigenvalue weighted by Gasteiger charge is 2.12. The topological polar surface area (TPSA) is 68.5 Å². The molecule has 5 nitrogen and oxygen atoms in total. The predicted molar refractivity (Wildman–Crippen MR) is 114 cm³/mol. The molecule has 0 unspecified atom stereocenters. The van der Waals surface area contributed by atoms with Gasteiger partial charge in [-0.15, -0.1) is 0 Å². The summed E-state index contributed by atoms with van der Waals surface area (Å²) in [6.45, 7) is 0. The lowest BCUT2D eigenvalue weighted by molar-refractivity contribution is 0.102. The molecule has 0 bridgehead atoms. The number of nitrogens with one attached hydrogen (secondary N) is 1. The first kappa shape index (κ1) is 18.8. The average molecular weight is 406 g/mol. The Morgan fingerprint density at radius 3 is 2.48 bits per heavy atom. The number of fused-ring (bicyclic) bond motifs is 1. The van der Waals surface area contributed by atoms with Crippen LogP contribution in [0.4, 0.5) is 5.69 Å². The fourth-order valence-electron chi connectivity index (χ4n) is 2.97. The van der Waals surface area contributed by atoms with Crippen LogP contribution in [0.1, 0.15) is 10.4 Å². The summed E-state index contributed by atoms with van der Waals surface area (Å²) in [4.78, 5) is 25.0. The quantitative estimate of drug-likeness (QED) is 0.495. The number of benzene rings is 3. The van der Waals surface area contributed by atoms with E-state index in [0.717, 1.165) is 5.56 Å². The molecule has 1 N–H and O–H groups in total. The summed E-state index contributed by atoms with van der Waals surface area (Å²) in [5.74, 6) is 0.796. The van der Waals surface area contributed by atoms with Gasteiger partial charge in [-0.2, -0.15) is 0 Å². The lowest BCUT2D eigenvalue weighted by Crippen LogP contribution is -2.12. The molecule has 3 aromatic carbocycles. The SMILES string of the molecule is COc1ccc(-c2cc(=O)c3ccc(NC(=O)c4ccccc4Cl)cc3o2)cc1. The van der Waals surface area contributed by atoms with E-state index in [2.05, 4.69) is 5.32 Å². The number of amides is 1. The second-order valence-electron chi connectivity index (χ2n) is 6.35. The fourth-order valence-corrected chi connectivity index (χ4v) is 3.20. The van der Waals surface area contributed by atoms with Gasteiger partial charge in [-0.1, -0.05) is 23.7 Å². The molecule has 6 heteroatoms. The number of hydrogen-bond donors (Lipinski definition) is 1. The number of carbonyl (C=O) groups is 1. The molecule has 1 amide bonds. The summed E-state index contributed by atoms with van der Waals surface area (Å²) >= 11 is 6.08. The highest BCUT2D eigenvalue weighted by atomic mass is 35.5. The Balaban J connectivity index is 1.70. The summed E-state index contributed by atoms with van der Waals surface area (Å²) in [7, 11) is 1.59. The van der Waals surface area contributed by atoms with Crippen molar-refractivity contribution >= 4 is 34.2 Å². The van der Waals surface area contributed by atoms with E-state index < -0.39 is 0 Å². The van der Waals surface area contributed by atoms with Gasteiger partial charge in [0.2, 0.25) is 0 Å². The first-order valence-corrected chi connectivity index (χ1v) is 9.21. The smallest absolute Gasteiger partial charge is 0.257 e. The zero-order chi connectivity index (χ0) is 20.4. The molecule has 29 heavy (non-hydrogen) atoms. The Kier molecular flexibility index (Phi) is 5.06. The summed E-state index contributed by atoms with van der Waals surface area (Å²) in [5.41, 5.74) is 1.82. The lowest BCUT2D eigenvalue weighted by atomic mass is 10.1. The van der Waals surface area contributed by atoms with Crippen LogP contribution in [0.5, 0.6) is 5.75 Å². The molecular formula is C23H16ClNO4. The third-order valence-electron chi connectivity index (χ3n) is 4.48. The average Bonchev–Trinajstić information content (AvgIpc) is 2.73. The van der Waals surface area contributed by atoms with E-state index in [9.17, 15) is 9.59 Å². The third-order valence-corrected chi connectivity index (χ3v) is 4.81. The van der Waals surface area contributed by atoms with Gasteiger partial charge in [-0.25, -0.2) is 0 Å². The summed E-state index contributed by atoms with van der Waals surface area (Å²) < 4.78 is 11.1. The maximum Gasteiger partial charge on any atom is 0.257 e. The van der Waals surface area contributed by atoms with E-state index >= 15 is 0 Å². The van der Waals surface area contributed by atoms with Crippen LogP contribution in [0.2, 0.25) is 5.02 Å². The van der Waals surface area contributed by atoms with E-state index in [1.807, 2.05) is 12.1 Å². The van der Waals surface area contributed by atoms with Crippen molar-refractivity contribution in [3.05, 3.63) is 93.6 Å². The first-order chi connectivity index (χ1) is 14.0. The highest BCUT2D eigenvalue weighted by Crippen LogP contribution is 2.26. The molecule has 0 atom stereocenters. The molecular weight excluding hydrogens is 390 g/mol. The van der Waals surface area contributed by atoms with Gasteiger partial charge >= 0.3 is 0 Å². The van der Waals surface area contributed by atoms with Gasteiger partial charge in [0, 0.05) is 23.4 Å². The van der Waals surface area contributed by atoms with Crippen LogP contribution in [-0.4, -0.2) is 13.0 Å². The van der Waals surface area contributed by atoms with Gasteiger partial charge < -0.3 is 14.5 Å². The Hall–Kier alpha value is -3.57. The standard InChI is InChI=1S/C23H16ClNO4/c1-28-16-9-6-14(7-10-16)21-13-20(26)18-11-8-15(12-22(18)29-21)25-23(27)17-4-2-3-5-19(17)24/h2-13H,1H3,(H,25,27). The van der Waals surface area contributed by atoms with Crippen LogP contribution < -0.4 is 15.5 Å². The van der Waals surface area contributed by atoms with Crippen molar-refractivity contribution < 1.29 is 13.9 Å². The van der Waals surface area contributed by atoms with Gasteiger partial charge in [0.25, 0.3) is 5.91 Å². The number of carbonyl (C=O) groups excluding carboxylic acids is 1. The molecule has 4 rings (SSSR count). The number of halogens is 1. The second kappa shape index (κ2) is 7.81. The molecule has 1 aromatic heterocycles. The summed E-state index contributed by atoms with van der Waals surface area (Å²) in [6, 6.07) is 20.3. The Labute approximate surface area is 171 Å². The molecule has 1 heterocycles. The highest BCUT2D eigenvalue weighted by molar-refractivity contribution is 6.34. The molecule has 0 saturated heterocycles. The van der Waals surface area contributed by atoms with Crippen LogP contribution in [0.25, 0.3) is 22.3 Å². The van der Waals surface area contributed by atoms with Crippen molar-refractivity contribution in [1.29, 1.82) is 0 Å². The maximum atomic E-state index is 12.5.